The van der Waals surface area contributed by atoms with Gasteiger partial charge >= 0.3 is 0 Å². The first-order chi connectivity index (χ1) is 8.18. The number of para-hydroxylation sites is 1. The quantitative estimate of drug-likeness (QED) is 0.875. The normalized spacial score (nSPS) is 12.1. The fourth-order valence-electron chi connectivity index (χ4n) is 1.52. The summed E-state index contributed by atoms with van der Waals surface area (Å²) in [5, 5.41) is 4.53. The van der Waals surface area contributed by atoms with Gasteiger partial charge in [-0.3, -0.25) is 4.79 Å². The molecule has 0 bridgehead atoms. The van der Waals surface area contributed by atoms with Crippen LogP contribution in [0, 0.1) is 0 Å². The number of carbonyl (C=O) groups excluding carboxylic acids is 1. The van der Waals surface area contributed by atoms with Crippen molar-refractivity contribution in [2.24, 2.45) is 5.73 Å². The molecule has 1 aromatic heterocycles. The fraction of sp³-hybridized carbons (Fsp3) is 0.167. The molecule has 0 aliphatic carbocycles. The van der Waals surface area contributed by atoms with E-state index in [1.165, 1.54) is 11.3 Å². The first kappa shape index (κ1) is 11.8. The number of rotatable bonds is 3. The van der Waals surface area contributed by atoms with E-state index < -0.39 is 0 Å². The fourth-order valence-corrected chi connectivity index (χ4v) is 2.05. The molecule has 0 aliphatic rings. The Morgan fingerprint density at radius 1 is 1.47 bits per heavy atom. The Balaban J connectivity index is 2.22. The van der Waals surface area contributed by atoms with Crippen LogP contribution in [-0.2, 0) is 0 Å². The second-order valence-corrected chi connectivity index (χ2v) is 4.42. The van der Waals surface area contributed by atoms with E-state index in [0.29, 0.717) is 5.69 Å². The summed E-state index contributed by atoms with van der Waals surface area (Å²) < 4.78 is 0. The van der Waals surface area contributed by atoms with Crippen molar-refractivity contribution in [2.75, 3.05) is 5.32 Å². The Bertz CT molecular complexity index is 508. The number of hydrogen-bond acceptors (Lipinski definition) is 4. The highest BCUT2D eigenvalue weighted by Crippen LogP contribution is 2.21. The van der Waals surface area contributed by atoms with Gasteiger partial charge in [0.15, 0.2) is 0 Å². The zero-order valence-corrected chi connectivity index (χ0v) is 10.2. The van der Waals surface area contributed by atoms with Crippen LogP contribution in [0.15, 0.2) is 35.2 Å². The summed E-state index contributed by atoms with van der Waals surface area (Å²) in [6.45, 7) is 1.88. The molecule has 2 aromatic rings. The number of hydrogen-bond donors (Lipinski definition) is 2. The van der Waals surface area contributed by atoms with Gasteiger partial charge in [0.25, 0.3) is 5.91 Å². The van der Waals surface area contributed by atoms with Crippen molar-refractivity contribution in [3.63, 3.8) is 0 Å². The number of carbonyl (C=O) groups is 1. The summed E-state index contributed by atoms with van der Waals surface area (Å²) in [6, 6.07) is 7.38. The zero-order chi connectivity index (χ0) is 12.3. The van der Waals surface area contributed by atoms with Gasteiger partial charge in [0, 0.05) is 17.1 Å². The van der Waals surface area contributed by atoms with E-state index in [0.717, 1.165) is 11.3 Å². The van der Waals surface area contributed by atoms with Crippen molar-refractivity contribution in [1.29, 1.82) is 0 Å². The minimum atomic E-state index is -0.209. The van der Waals surface area contributed by atoms with Gasteiger partial charge in [-0.25, -0.2) is 4.98 Å². The molecule has 0 saturated carbocycles. The first-order valence-electron chi connectivity index (χ1n) is 5.22. The standard InChI is InChI=1S/C12H13N3OS/c1-8(13)9-4-2-3-5-10(9)15-12(16)11-6-17-7-14-11/h2-8H,13H2,1H3,(H,15,16). The summed E-state index contributed by atoms with van der Waals surface area (Å²) in [7, 11) is 0. The number of nitrogens with zero attached hydrogens (tertiary/aromatic N) is 1. The molecule has 0 saturated heterocycles. The van der Waals surface area contributed by atoms with Crippen molar-refractivity contribution in [1.82, 2.24) is 4.98 Å². The summed E-state index contributed by atoms with van der Waals surface area (Å²) in [5.41, 5.74) is 9.55. The number of aromatic nitrogens is 1. The molecule has 0 radical (unpaired) electrons. The Morgan fingerprint density at radius 2 is 2.24 bits per heavy atom. The van der Waals surface area contributed by atoms with Crippen molar-refractivity contribution < 1.29 is 4.79 Å². The van der Waals surface area contributed by atoms with Crippen LogP contribution in [0.2, 0.25) is 0 Å². The van der Waals surface area contributed by atoms with Crippen molar-refractivity contribution in [2.45, 2.75) is 13.0 Å². The second-order valence-electron chi connectivity index (χ2n) is 3.70. The Hall–Kier alpha value is -1.72. The van der Waals surface area contributed by atoms with E-state index in [-0.39, 0.29) is 11.9 Å². The average Bonchev–Trinajstić information content (AvgIpc) is 2.83. The predicted molar refractivity (Wildman–Crippen MR) is 69.1 cm³/mol. The number of nitrogens with one attached hydrogen (secondary N) is 1. The molecule has 2 rings (SSSR count). The van der Waals surface area contributed by atoms with Crippen LogP contribution >= 0.6 is 11.3 Å². The van der Waals surface area contributed by atoms with Crippen LogP contribution < -0.4 is 11.1 Å². The number of anilines is 1. The van der Waals surface area contributed by atoms with Crippen LogP contribution in [0.3, 0.4) is 0 Å². The molecule has 1 heterocycles. The molecule has 5 heteroatoms. The third-order valence-electron chi connectivity index (χ3n) is 2.36. The van der Waals surface area contributed by atoms with E-state index in [4.69, 9.17) is 5.73 Å². The minimum absolute atomic E-state index is 0.123. The van der Waals surface area contributed by atoms with Gasteiger partial charge in [-0.2, -0.15) is 0 Å². The Kier molecular flexibility index (Phi) is 3.51. The maximum Gasteiger partial charge on any atom is 0.275 e. The zero-order valence-electron chi connectivity index (χ0n) is 9.38. The van der Waals surface area contributed by atoms with Gasteiger partial charge in [0.2, 0.25) is 0 Å². The third-order valence-corrected chi connectivity index (χ3v) is 2.95. The van der Waals surface area contributed by atoms with E-state index >= 15 is 0 Å². The van der Waals surface area contributed by atoms with Gasteiger partial charge in [-0.15, -0.1) is 11.3 Å². The number of amides is 1. The largest absolute Gasteiger partial charge is 0.324 e. The molecular weight excluding hydrogens is 234 g/mol. The van der Waals surface area contributed by atoms with Crippen LogP contribution in [0.4, 0.5) is 5.69 Å². The summed E-state index contributed by atoms with van der Waals surface area (Å²) in [6.07, 6.45) is 0. The van der Waals surface area contributed by atoms with Crippen LogP contribution in [-0.4, -0.2) is 10.9 Å². The number of benzene rings is 1. The Labute approximate surface area is 103 Å². The van der Waals surface area contributed by atoms with Crippen molar-refractivity contribution in [3.8, 4) is 0 Å². The summed E-state index contributed by atoms with van der Waals surface area (Å²) >= 11 is 1.39. The van der Waals surface area contributed by atoms with Crippen molar-refractivity contribution >= 4 is 22.9 Å². The van der Waals surface area contributed by atoms with Gasteiger partial charge in [0.05, 0.1) is 5.51 Å². The minimum Gasteiger partial charge on any atom is -0.324 e. The van der Waals surface area contributed by atoms with Crippen molar-refractivity contribution in [3.05, 3.63) is 46.4 Å². The van der Waals surface area contributed by atoms with Crippen LogP contribution in [0.5, 0.6) is 0 Å². The van der Waals surface area contributed by atoms with E-state index in [1.54, 1.807) is 10.9 Å². The maximum atomic E-state index is 11.8. The number of thiazole rings is 1. The molecular formula is C12H13N3OS. The van der Waals surface area contributed by atoms with E-state index in [1.807, 2.05) is 31.2 Å². The maximum absolute atomic E-state index is 11.8. The van der Waals surface area contributed by atoms with E-state index in [2.05, 4.69) is 10.3 Å². The average molecular weight is 247 g/mol. The predicted octanol–water partition coefficient (Wildman–Crippen LogP) is 2.42. The van der Waals surface area contributed by atoms with Gasteiger partial charge in [0.1, 0.15) is 5.69 Å². The lowest BCUT2D eigenvalue weighted by Crippen LogP contribution is -2.16. The van der Waals surface area contributed by atoms with Gasteiger partial charge in [-0.05, 0) is 18.6 Å². The van der Waals surface area contributed by atoms with Gasteiger partial charge in [-0.1, -0.05) is 18.2 Å². The lowest BCUT2D eigenvalue weighted by atomic mass is 10.1. The molecule has 1 amide bonds. The smallest absolute Gasteiger partial charge is 0.275 e. The first-order valence-corrected chi connectivity index (χ1v) is 6.17. The second kappa shape index (κ2) is 5.07. The lowest BCUT2D eigenvalue weighted by molar-refractivity contribution is 0.102. The lowest BCUT2D eigenvalue weighted by Gasteiger charge is -2.12. The topological polar surface area (TPSA) is 68.0 Å². The highest BCUT2D eigenvalue weighted by Gasteiger charge is 2.11. The number of nitrogens with two attached hydrogens (primary N) is 1. The molecule has 0 spiro atoms. The molecule has 1 aromatic carbocycles. The summed E-state index contributed by atoms with van der Waals surface area (Å²) in [4.78, 5) is 15.8. The molecule has 4 nitrogen and oxygen atoms in total. The highest BCUT2D eigenvalue weighted by molar-refractivity contribution is 7.07. The van der Waals surface area contributed by atoms with Gasteiger partial charge < -0.3 is 11.1 Å². The molecule has 1 unspecified atom stereocenters. The molecule has 88 valence electrons. The SMILES string of the molecule is CC(N)c1ccccc1NC(=O)c1cscn1. The van der Waals surface area contributed by atoms with E-state index in [9.17, 15) is 4.79 Å². The monoisotopic (exact) mass is 247 g/mol. The Morgan fingerprint density at radius 3 is 2.88 bits per heavy atom. The summed E-state index contributed by atoms with van der Waals surface area (Å²) in [5.74, 6) is -0.209. The third kappa shape index (κ3) is 2.69. The van der Waals surface area contributed by atoms with Crippen LogP contribution in [0.1, 0.15) is 29.0 Å². The van der Waals surface area contributed by atoms with Crippen LogP contribution in [0.25, 0.3) is 0 Å². The molecule has 17 heavy (non-hydrogen) atoms. The highest BCUT2D eigenvalue weighted by atomic mass is 32.1. The molecule has 0 aliphatic heterocycles. The molecule has 1 atom stereocenters. The molecule has 3 N–H and O–H groups in total. The molecule has 0 fully saturated rings.